The van der Waals surface area contributed by atoms with Crippen LogP contribution in [0.5, 0.6) is 0 Å². The molecule has 0 unspecified atom stereocenters. The maximum atomic E-state index is 13.0. The number of benzene rings is 1. The molecule has 1 fully saturated rings. The summed E-state index contributed by atoms with van der Waals surface area (Å²) >= 11 is 0. The molecule has 1 saturated heterocycles. The molecule has 0 amide bonds. The number of rotatable bonds is 7. The molecule has 0 saturated carbocycles. The molecule has 0 bridgehead atoms. The van der Waals surface area contributed by atoms with Crippen LogP contribution in [0.25, 0.3) is 0 Å². The summed E-state index contributed by atoms with van der Waals surface area (Å²) in [6.07, 6.45) is 2.41. The van der Waals surface area contributed by atoms with Gasteiger partial charge in [-0.2, -0.15) is 0 Å². The molecule has 1 aromatic rings. The average molecular weight is 478 g/mol. The van der Waals surface area contributed by atoms with Gasteiger partial charge in [0.2, 0.25) is 0 Å². The zero-order valence-corrected chi connectivity index (χ0v) is 18.4. The molecule has 0 aliphatic carbocycles. The van der Waals surface area contributed by atoms with Gasteiger partial charge in [-0.25, -0.2) is 4.39 Å². The van der Waals surface area contributed by atoms with Crippen LogP contribution in [0.15, 0.2) is 29.3 Å². The van der Waals surface area contributed by atoms with Crippen molar-refractivity contribution in [3.05, 3.63) is 35.6 Å². The molecule has 5 nitrogen and oxygen atoms in total. The van der Waals surface area contributed by atoms with Crippen LogP contribution in [-0.2, 0) is 11.3 Å². The van der Waals surface area contributed by atoms with Gasteiger partial charge >= 0.3 is 0 Å². The van der Waals surface area contributed by atoms with Gasteiger partial charge in [0.1, 0.15) is 5.82 Å². The van der Waals surface area contributed by atoms with Crippen LogP contribution in [0, 0.1) is 11.7 Å². The lowest BCUT2D eigenvalue weighted by atomic mass is 9.97. The summed E-state index contributed by atoms with van der Waals surface area (Å²) in [5.74, 6) is 1.35. The minimum atomic E-state index is -0.203. The number of ether oxygens (including phenoxy) is 1. The first-order valence-electron chi connectivity index (χ1n) is 9.00. The van der Waals surface area contributed by atoms with E-state index in [1.165, 1.54) is 25.0 Å². The van der Waals surface area contributed by atoms with Crippen molar-refractivity contribution in [2.45, 2.75) is 19.4 Å². The van der Waals surface area contributed by atoms with Crippen LogP contribution in [0.4, 0.5) is 4.39 Å². The van der Waals surface area contributed by atoms with E-state index in [4.69, 9.17) is 4.74 Å². The summed E-state index contributed by atoms with van der Waals surface area (Å²) in [6.45, 7) is 5.76. The van der Waals surface area contributed by atoms with Crippen LogP contribution in [0.3, 0.4) is 0 Å². The third-order valence-electron chi connectivity index (χ3n) is 4.77. The number of guanidine groups is 1. The molecule has 0 aromatic heterocycles. The van der Waals surface area contributed by atoms with E-state index in [0.29, 0.717) is 12.5 Å². The van der Waals surface area contributed by atoms with Crippen molar-refractivity contribution >= 4 is 29.9 Å². The number of aliphatic imine (C=N–C) groups is 1. The number of nitrogens with zero attached hydrogens (tertiary/aromatic N) is 3. The fourth-order valence-electron chi connectivity index (χ4n) is 3.19. The molecule has 1 aliphatic rings. The summed E-state index contributed by atoms with van der Waals surface area (Å²) in [5, 5.41) is 3.49. The zero-order valence-electron chi connectivity index (χ0n) is 16.1. The third kappa shape index (κ3) is 7.75. The van der Waals surface area contributed by atoms with Crippen molar-refractivity contribution in [3.8, 4) is 0 Å². The third-order valence-corrected chi connectivity index (χ3v) is 4.77. The largest absolute Gasteiger partial charge is 0.383 e. The number of halogens is 2. The van der Waals surface area contributed by atoms with Crippen molar-refractivity contribution in [1.29, 1.82) is 0 Å². The second kappa shape index (κ2) is 12.5. The molecule has 1 N–H and O–H groups in total. The summed E-state index contributed by atoms with van der Waals surface area (Å²) in [6, 6.07) is 6.62. The van der Waals surface area contributed by atoms with Crippen molar-refractivity contribution in [2.75, 3.05) is 54.0 Å². The van der Waals surface area contributed by atoms with Crippen LogP contribution in [-0.4, -0.2) is 69.8 Å². The van der Waals surface area contributed by atoms with Crippen molar-refractivity contribution in [2.24, 2.45) is 10.9 Å². The summed E-state index contributed by atoms with van der Waals surface area (Å²) in [7, 11) is 5.56. The van der Waals surface area contributed by atoms with E-state index >= 15 is 0 Å². The lowest BCUT2D eigenvalue weighted by molar-refractivity contribution is 0.120. The molecule has 148 valence electrons. The predicted molar refractivity (Wildman–Crippen MR) is 116 cm³/mol. The first kappa shape index (κ1) is 23.1. The van der Waals surface area contributed by atoms with Crippen molar-refractivity contribution in [1.82, 2.24) is 15.1 Å². The second-order valence-electron chi connectivity index (χ2n) is 6.69. The highest BCUT2D eigenvalue weighted by molar-refractivity contribution is 14.0. The Balaban J connectivity index is 0.00000338. The molecule has 1 heterocycles. The highest BCUT2D eigenvalue weighted by Crippen LogP contribution is 2.16. The van der Waals surface area contributed by atoms with Crippen LogP contribution >= 0.6 is 24.0 Å². The maximum absolute atomic E-state index is 13.0. The van der Waals surface area contributed by atoms with E-state index < -0.39 is 0 Å². The first-order valence-corrected chi connectivity index (χ1v) is 9.00. The number of nitrogens with one attached hydrogen (secondary N) is 1. The summed E-state index contributed by atoms with van der Waals surface area (Å²) < 4.78 is 18.2. The Morgan fingerprint density at radius 2 is 1.96 bits per heavy atom. The first-order chi connectivity index (χ1) is 12.1. The van der Waals surface area contributed by atoms with Gasteiger partial charge in [-0.15, -0.1) is 24.0 Å². The number of methoxy groups -OCH3 is 1. The van der Waals surface area contributed by atoms with E-state index in [0.717, 1.165) is 44.3 Å². The minimum absolute atomic E-state index is 0. The van der Waals surface area contributed by atoms with Gasteiger partial charge in [-0.1, -0.05) is 12.1 Å². The van der Waals surface area contributed by atoms with Crippen molar-refractivity contribution < 1.29 is 9.13 Å². The monoisotopic (exact) mass is 478 g/mol. The standard InChI is InChI=1S/C19H31FN4O.HI/c1-21-19(23(2)15-17-4-6-18(20)7-5-17)22-14-16-8-10-24(11-9-16)12-13-25-3;/h4-7,16H,8-15H2,1-3H3,(H,21,22);1H. The maximum Gasteiger partial charge on any atom is 0.193 e. The Morgan fingerprint density at radius 1 is 1.31 bits per heavy atom. The average Bonchev–Trinajstić information content (AvgIpc) is 2.63. The van der Waals surface area contributed by atoms with Gasteiger partial charge < -0.3 is 19.9 Å². The number of hydrogen-bond donors (Lipinski definition) is 1. The smallest absolute Gasteiger partial charge is 0.193 e. The minimum Gasteiger partial charge on any atom is -0.383 e. The lowest BCUT2D eigenvalue weighted by Gasteiger charge is -2.32. The Bertz CT molecular complexity index is 533. The summed E-state index contributed by atoms with van der Waals surface area (Å²) in [4.78, 5) is 8.91. The fraction of sp³-hybridized carbons (Fsp3) is 0.632. The topological polar surface area (TPSA) is 40.1 Å². The number of piperidine rings is 1. The summed E-state index contributed by atoms with van der Waals surface area (Å²) in [5.41, 5.74) is 1.07. The number of hydrogen-bond acceptors (Lipinski definition) is 3. The highest BCUT2D eigenvalue weighted by atomic mass is 127. The highest BCUT2D eigenvalue weighted by Gasteiger charge is 2.19. The normalized spacial score (nSPS) is 16.2. The Kier molecular flexibility index (Phi) is 11.1. The molecular weight excluding hydrogens is 446 g/mol. The predicted octanol–water partition coefficient (Wildman–Crippen LogP) is 2.81. The Morgan fingerprint density at radius 3 is 2.54 bits per heavy atom. The quantitative estimate of drug-likeness (QED) is 0.372. The number of likely N-dealkylation sites (tertiary alicyclic amines) is 1. The van der Waals surface area contributed by atoms with Gasteiger partial charge in [0.05, 0.1) is 6.61 Å². The molecule has 0 atom stereocenters. The second-order valence-corrected chi connectivity index (χ2v) is 6.69. The van der Waals surface area contributed by atoms with Crippen molar-refractivity contribution in [3.63, 3.8) is 0 Å². The molecule has 1 aliphatic heterocycles. The molecule has 26 heavy (non-hydrogen) atoms. The molecule has 7 heteroatoms. The van der Waals surface area contributed by atoms with E-state index in [9.17, 15) is 4.39 Å². The van der Waals surface area contributed by atoms with E-state index in [2.05, 4.69) is 20.1 Å². The Labute approximate surface area is 174 Å². The van der Waals surface area contributed by atoms with E-state index in [1.54, 1.807) is 14.2 Å². The van der Waals surface area contributed by atoms with Gasteiger partial charge in [-0.3, -0.25) is 4.99 Å². The van der Waals surface area contributed by atoms with Crippen LogP contribution in [0.1, 0.15) is 18.4 Å². The van der Waals surface area contributed by atoms with Gasteiger partial charge in [0.25, 0.3) is 0 Å². The van der Waals surface area contributed by atoms with Gasteiger partial charge in [0.15, 0.2) is 5.96 Å². The lowest BCUT2D eigenvalue weighted by Crippen LogP contribution is -2.43. The molecule has 1 aromatic carbocycles. The molecule has 0 radical (unpaired) electrons. The molecule has 0 spiro atoms. The van der Waals surface area contributed by atoms with Crippen LogP contribution < -0.4 is 5.32 Å². The van der Waals surface area contributed by atoms with E-state index in [1.807, 2.05) is 19.2 Å². The SMILES string of the molecule is CN=C(NCC1CCN(CCOC)CC1)N(C)Cc1ccc(F)cc1.I. The fourth-order valence-corrected chi connectivity index (χ4v) is 3.19. The molecular formula is C19H32FIN4O. The van der Waals surface area contributed by atoms with Gasteiger partial charge in [-0.05, 0) is 49.5 Å². The van der Waals surface area contributed by atoms with Crippen LogP contribution in [0.2, 0.25) is 0 Å². The van der Waals surface area contributed by atoms with Gasteiger partial charge in [0, 0.05) is 40.8 Å². The zero-order chi connectivity index (χ0) is 18.1. The molecule has 2 rings (SSSR count). The van der Waals surface area contributed by atoms with E-state index in [-0.39, 0.29) is 29.8 Å². The Hall–Kier alpha value is -0.930.